The van der Waals surface area contributed by atoms with E-state index in [9.17, 15) is 4.79 Å². The van der Waals surface area contributed by atoms with Gasteiger partial charge in [0.1, 0.15) is 0 Å². The molecule has 114 valence electrons. The highest BCUT2D eigenvalue weighted by molar-refractivity contribution is 6.00. The molecular formula is C19H22N2O. The molecule has 1 atom stereocenters. The Bertz CT molecular complexity index is 689. The largest absolute Gasteiger partial charge is 0.380 e. The van der Waals surface area contributed by atoms with E-state index in [1.165, 1.54) is 5.56 Å². The first-order valence-electron chi connectivity index (χ1n) is 7.84. The van der Waals surface area contributed by atoms with Gasteiger partial charge in [0.25, 0.3) is 0 Å². The van der Waals surface area contributed by atoms with E-state index < -0.39 is 0 Å². The monoisotopic (exact) mass is 294 g/mol. The first kappa shape index (κ1) is 14.6. The second-order valence-corrected chi connectivity index (χ2v) is 6.30. The number of carbonyl (C=O) groups excluding carboxylic acids is 1. The van der Waals surface area contributed by atoms with Gasteiger partial charge in [-0.05, 0) is 30.0 Å². The lowest BCUT2D eigenvalue weighted by atomic mass is 9.97. The zero-order chi connectivity index (χ0) is 15.7. The van der Waals surface area contributed by atoms with Crippen LogP contribution in [0.15, 0.2) is 42.5 Å². The van der Waals surface area contributed by atoms with E-state index in [0.717, 1.165) is 22.5 Å². The molecule has 3 rings (SSSR count). The maximum Gasteiger partial charge on any atom is 0.226 e. The summed E-state index contributed by atoms with van der Waals surface area (Å²) in [5, 5.41) is 6.46. The molecule has 1 amide bonds. The summed E-state index contributed by atoms with van der Waals surface area (Å²) in [7, 11) is 0. The summed E-state index contributed by atoms with van der Waals surface area (Å²) in [6.07, 6.45) is 0.487. The van der Waals surface area contributed by atoms with E-state index in [-0.39, 0.29) is 11.9 Å². The summed E-state index contributed by atoms with van der Waals surface area (Å²) >= 11 is 0. The molecule has 1 aliphatic heterocycles. The number of nitrogens with one attached hydrogen (secondary N) is 2. The van der Waals surface area contributed by atoms with Gasteiger partial charge in [-0.15, -0.1) is 0 Å². The molecule has 0 spiro atoms. The van der Waals surface area contributed by atoms with Crippen molar-refractivity contribution >= 4 is 17.3 Å². The Kier molecular flexibility index (Phi) is 3.88. The highest BCUT2D eigenvalue weighted by Gasteiger charge is 2.20. The number of carbonyl (C=O) groups is 1. The van der Waals surface area contributed by atoms with Gasteiger partial charge in [0.05, 0.1) is 11.4 Å². The minimum absolute atomic E-state index is 0.0612. The van der Waals surface area contributed by atoms with Gasteiger partial charge < -0.3 is 10.6 Å². The molecule has 0 saturated carbocycles. The number of para-hydroxylation sites is 1. The van der Waals surface area contributed by atoms with Crippen molar-refractivity contribution in [3.05, 3.63) is 48.0 Å². The molecule has 0 fully saturated rings. The number of benzene rings is 2. The smallest absolute Gasteiger partial charge is 0.226 e. The molecule has 22 heavy (non-hydrogen) atoms. The predicted octanol–water partition coefficient (Wildman–Crippen LogP) is 4.62. The molecule has 0 unspecified atom stereocenters. The minimum Gasteiger partial charge on any atom is -0.380 e. The summed E-state index contributed by atoms with van der Waals surface area (Å²) in [4.78, 5) is 11.9. The molecule has 0 bridgehead atoms. The number of fused-ring (bicyclic) bond motifs is 1. The van der Waals surface area contributed by atoms with Crippen molar-refractivity contribution in [2.75, 3.05) is 10.6 Å². The maximum absolute atomic E-state index is 11.9. The Morgan fingerprint density at radius 1 is 1.09 bits per heavy atom. The number of anilines is 2. The molecule has 2 aromatic carbocycles. The van der Waals surface area contributed by atoms with Gasteiger partial charge in [0, 0.05) is 18.0 Å². The number of hydrogen-bond acceptors (Lipinski definition) is 2. The van der Waals surface area contributed by atoms with Crippen LogP contribution in [0.25, 0.3) is 11.1 Å². The van der Waals surface area contributed by atoms with Crippen molar-refractivity contribution in [3.63, 3.8) is 0 Å². The summed E-state index contributed by atoms with van der Waals surface area (Å²) in [6.45, 7) is 6.43. The van der Waals surface area contributed by atoms with E-state index in [2.05, 4.69) is 54.8 Å². The highest BCUT2D eigenvalue weighted by atomic mass is 16.1. The van der Waals surface area contributed by atoms with Crippen LogP contribution < -0.4 is 10.6 Å². The van der Waals surface area contributed by atoms with Gasteiger partial charge in [-0.25, -0.2) is 0 Å². The highest BCUT2D eigenvalue weighted by Crippen LogP contribution is 2.36. The van der Waals surface area contributed by atoms with Gasteiger partial charge >= 0.3 is 0 Å². The van der Waals surface area contributed by atoms with E-state index in [4.69, 9.17) is 0 Å². The molecule has 0 radical (unpaired) electrons. The van der Waals surface area contributed by atoms with Crippen molar-refractivity contribution < 1.29 is 4.79 Å². The molecular weight excluding hydrogens is 272 g/mol. The van der Waals surface area contributed by atoms with E-state index in [1.54, 1.807) is 0 Å². The van der Waals surface area contributed by atoms with E-state index in [0.29, 0.717) is 12.3 Å². The second-order valence-electron chi connectivity index (χ2n) is 6.30. The van der Waals surface area contributed by atoms with E-state index >= 15 is 0 Å². The first-order valence-corrected chi connectivity index (χ1v) is 7.84. The maximum atomic E-state index is 11.9. The number of hydrogen-bond donors (Lipinski definition) is 2. The molecule has 3 heteroatoms. The lowest BCUT2D eigenvalue weighted by Gasteiger charge is -2.17. The molecule has 1 aliphatic rings. The van der Waals surface area contributed by atoms with Crippen LogP contribution in [0, 0.1) is 0 Å². The van der Waals surface area contributed by atoms with Gasteiger partial charge in [-0.2, -0.15) is 0 Å². The standard InChI is InChI=1S/C19H22N2O/c1-12(2)14-7-9-15(10-8-14)16-5-4-6-17-19(16)20-13(3)11-18(22)21-17/h4-10,12-13,20H,11H2,1-3H3,(H,21,22)/t13-/m1/s1. The van der Waals surface area contributed by atoms with Crippen molar-refractivity contribution in [3.8, 4) is 11.1 Å². The summed E-state index contributed by atoms with van der Waals surface area (Å²) in [6, 6.07) is 14.8. The van der Waals surface area contributed by atoms with Crippen LogP contribution in [-0.2, 0) is 4.79 Å². The van der Waals surface area contributed by atoms with Gasteiger partial charge in [-0.1, -0.05) is 50.2 Å². The quantitative estimate of drug-likeness (QED) is 0.848. The average Bonchev–Trinajstić information content (AvgIpc) is 2.63. The van der Waals surface area contributed by atoms with E-state index in [1.807, 2.05) is 19.1 Å². The molecule has 2 N–H and O–H groups in total. The van der Waals surface area contributed by atoms with Crippen LogP contribution in [-0.4, -0.2) is 11.9 Å². The summed E-state index contributed by atoms with van der Waals surface area (Å²) < 4.78 is 0. The fourth-order valence-electron chi connectivity index (χ4n) is 2.88. The van der Waals surface area contributed by atoms with Gasteiger partial charge in [0.15, 0.2) is 0 Å². The average molecular weight is 294 g/mol. The van der Waals surface area contributed by atoms with Crippen LogP contribution >= 0.6 is 0 Å². The van der Waals surface area contributed by atoms with Crippen molar-refractivity contribution in [1.82, 2.24) is 0 Å². The summed E-state index contributed by atoms with van der Waals surface area (Å²) in [5.41, 5.74) is 5.50. The molecule has 0 aromatic heterocycles. The minimum atomic E-state index is 0.0612. The lowest BCUT2D eigenvalue weighted by Crippen LogP contribution is -2.19. The fourth-order valence-corrected chi connectivity index (χ4v) is 2.88. The number of rotatable bonds is 2. The Morgan fingerprint density at radius 3 is 2.50 bits per heavy atom. The van der Waals surface area contributed by atoms with Crippen LogP contribution in [0.3, 0.4) is 0 Å². The fraction of sp³-hybridized carbons (Fsp3) is 0.316. The van der Waals surface area contributed by atoms with Crippen LogP contribution in [0.1, 0.15) is 38.7 Å². The van der Waals surface area contributed by atoms with Crippen molar-refractivity contribution in [1.29, 1.82) is 0 Å². The third-order valence-corrected chi connectivity index (χ3v) is 4.11. The molecule has 3 nitrogen and oxygen atoms in total. The van der Waals surface area contributed by atoms with Crippen LogP contribution in [0.5, 0.6) is 0 Å². The van der Waals surface area contributed by atoms with Crippen LogP contribution in [0.4, 0.5) is 11.4 Å². The molecule has 1 heterocycles. The SMILES string of the molecule is CC(C)c1ccc(-c2cccc3c2N[C@H](C)CC(=O)N3)cc1. The normalized spacial score (nSPS) is 17.5. The zero-order valence-electron chi connectivity index (χ0n) is 13.3. The Labute approximate surface area is 131 Å². The molecule has 0 aliphatic carbocycles. The Balaban J connectivity index is 2.05. The molecule has 2 aromatic rings. The summed E-state index contributed by atoms with van der Waals surface area (Å²) in [5.74, 6) is 0.588. The van der Waals surface area contributed by atoms with Crippen molar-refractivity contribution in [2.45, 2.75) is 39.2 Å². The first-order chi connectivity index (χ1) is 10.5. The predicted molar refractivity (Wildman–Crippen MR) is 92.3 cm³/mol. The Morgan fingerprint density at radius 2 is 1.82 bits per heavy atom. The van der Waals surface area contributed by atoms with Gasteiger partial charge in [0.2, 0.25) is 5.91 Å². The molecule has 0 saturated heterocycles. The lowest BCUT2D eigenvalue weighted by molar-refractivity contribution is -0.116. The van der Waals surface area contributed by atoms with Crippen molar-refractivity contribution in [2.24, 2.45) is 0 Å². The number of amides is 1. The van der Waals surface area contributed by atoms with Gasteiger partial charge in [-0.3, -0.25) is 4.79 Å². The topological polar surface area (TPSA) is 41.1 Å². The zero-order valence-corrected chi connectivity index (χ0v) is 13.3. The third kappa shape index (κ3) is 2.84. The second kappa shape index (κ2) is 5.84. The third-order valence-electron chi connectivity index (χ3n) is 4.11. The van der Waals surface area contributed by atoms with Crippen LogP contribution in [0.2, 0.25) is 0 Å². The Hall–Kier alpha value is -2.29.